The van der Waals surface area contributed by atoms with E-state index in [0.717, 1.165) is 0 Å². The molecule has 8 nitrogen and oxygen atoms in total. The molecule has 2 bridgehead atoms. The van der Waals surface area contributed by atoms with E-state index in [4.69, 9.17) is 18.6 Å². The molecular weight excluding hydrogens is 418 g/mol. The summed E-state index contributed by atoms with van der Waals surface area (Å²) < 4.78 is 26.0. The van der Waals surface area contributed by atoms with Gasteiger partial charge in [0.25, 0.3) is 5.56 Å². The zero-order chi connectivity index (χ0) is 22.4. The first-order chi connectivity index (χ1) is 14.6. The highest BCUT2D eigenvalue weighted by atomic mass is 28.4. The summed E-state index contributed by atoms with van der Waals surface area (Å²) >= 11 is 0. The monoisotopic (exact) mass is 446 g/mol. The van der Waals surface area contributed by atoms with Crippen LogP contribution in [-0.2, 0) is 13.9 Å². The highest BCUT2D eigenvalue weighted by molar-refractivity contribution is 6.74. The standard InChI is InChI=1S/C22H28N2O6Si/c1-22(2,3)31(4,5)27-13-15-17-18(29-20(26)14-9-7-6-8-10-14)19(28-15)24-12-11-16(25)23-21(24)30-17/h6-12,15,17-19H,13H2,1-5H3/t15-,17+,18-,19-/m1/s1/i26+2. The van der Waals surface area contributed by atoms with Gasteiger partial charge in [-0.05, 0) is 30.3 Å². The minimum atomic E-state index is -2.03. The fraction of sp³-hybridized carbons (Fsp3) is 0.500. The van der Waals surface area contributed by atoms with E-state index >= 15 is 0 Å². The Bertz CT molecular complexity index is 1020. The molecule has 0 amide bonds. The van der Waals surface area contributed by atoms with Gasteiger partial charge in [0.2, 0.25) is 0 Å². The molecule has 9 heteroatoms. The first kappa shape index (κ1) is 21.7. The molecule has 1 saturated heterocycles. The van der Waals surface area contributed by atoms with Crippen LogP contribution in [0.1, 0.15) is 37.4 Å². The van der Waals surface area contributed by atoms with Crippen LogP contribution in [0.2, 0.25) is 18.1 Å². The molecule has 0 N–H and O–H groups in total. The Morgan fingerprint density at radius 3 is 2.61 bits per heavy atom. The van der Waals surface area contributed by atoms with E-state index in [1.807, 2.05) is 6.07 Å². The average Bonchev–Trinajstić information content (AvgIpc) is 2.94. The molecule has 0 unspecified atom stereocenters. The molecule has 1 fully saturated rings. The second kappa shape index (κ2) is 7.89. The van der Waals surface area contributed by atoms with Gasteiger partial charge in [-0.2, -0.15) is 4.98 Å². The lowest BCUT2D eigenvalue weighted by Crippen LogP contribution is -2.48. The summed E-state index contributed by atoms with van der Waals surface area (Å²) in [6.07, 6.45) is -0.896. The molecule has 1 aromatic heterocycles. The Labute approximate surface area is 182 Å². The van der Waals surface area contributed by atoms with Crippen molar-refractivity contribution in [2.75, 3.05) is 6.61 Å². The molecule has 166 valence electrons. The first-order valence-corrected chi connectivity index (χ1v) is 13.3. The average molecular weight is 447 g/mol. The van der Waals surface area contributed by atoms with Gasteiger partial charge in [0.05, 0.1) is 12.2 Å². The van der Waals surface area contributed by atoms with Crippen molar-refractivity contribution in [3.8, 4) is 6.01 Å². The van der Waals surface area contributed by atoms with E-state index in [-0.39, 0.29) is 11.0 Å². The van der Waals surface area contributed by atoms with Crippen LogP contribution in [-0.4, -0.2) is 48.8 Å². The fourth-order valence-corrected chi connectivity index (χ4v) is 4.42. The number of carbonyl (C=O) groups is 1. The smallest absolute Gasteiger partial charge is 0.338 e. The van der Waals surface area contributed by atoms with Gasteiger partial charge >= 0.3 is 12.0 Å². The van der Waals surface area contributed by atoms with E-state index in [9.17, 15) is 9.59 Å². The van der Waals surface area contributed by atoms with Crippen LogP contribution in [0.5, 0.6) is 6.01 Å². The van der Waals surface area contributed by atoms with E-state index in [1.165, 1.54) is 6.07 Å². The van der Waals surface area contributed by atoms with Gasteiger partial charge in [-0.1, -0.05) is 39.0 Å². The van der Waals surface area contributed by atoms with Crippen LogP contribution in [0.25, 0.3) is 0 Å². The maximum atomic E-state index is 12.7. The van der Waals surface area contributed by atoms with Crippen LogP contribution in [0.4, 0.5) is 0 Å². The summed E-state index contributed by atoms with van der Waals surface area (Å²) in [5.41, 5.74) is 0.0410. The molecule has 2 aliphatic heterocycles. The molecule has 4 atom stereocenters. The van der Waals surface area contributed by atoms with Crippen molar-refractivity contribution < 1.29 is 23.4 Å². The van der Waals surface area contributed by atoms with Crippen LogP contribution in [0.15, 0.2) is 47.4 Å². The third kappa shape index (κ3) is 4.17. The zero-order valence-corrected chi connectivity index (χ0v) is 19.4. The van der Waals surface area contributed by atoms with Gasteiger partial charge in [0, 0.05) is 12.3 Å². The maximum Gasteiger partial charge on any atom is 0.338 e. The number of benzene rings is 1. The van der Waals surface area contributed by atoms with Crippen LogP contribution < -0.4 is 10.3 Å². The van der Waals surface area contributed by atoms with E-state index in [1.54, 1.807) is 35.0 Å². The first-order valence-electron chi connectivity index (χ1n) is 10.4. The molecular formula is C22H28N2O6Si. The van der Waals surface area contributed by atoms with Gasteiger partial charge in [-0.3, -0.25) is 9.36 Å². The van der Waals surface area contributed by atoms with Crippen molar-refractivity contribution in [2.45, 2.75) is 63.4 Å². The summed E-state index contributed by atoms with van der Waals surface area (Å²) in [5, 5.41) is 0.0391. The molecule has 4 rings (SSSR count). The number of hydrogen-bond donors (Lipinski definition) is 0. The highest BCUT2D eigenvalue weighted by Crippen LogP contribution is 2.42. The summed E-state index contributed by atoms with van der Waals surface area (Å²) in [6.45, 7) is 11.1. The van der Waals surface area contributed by atoms with Crippen LogP contribution in [0.3, 0.4) is 0 Å². The normalized spacial score (nSPS) is 24.9. The predicted molar refractivity (Wildman–Crippen MR) is 116 cm³/mol. The van der Waals surface area contributed by atoms with Crippen molar-refractivity contribution >= 4 is 14.3 Å². The summed E-state index contributed by atoms with van der Waals surface area (Å²) in [5.74, 6) is -0.462. The molecule has 0 spiro atoms. The van der Waals surface area contributed by atoms with E-state index < -0.39 is 44.4 Å². The number of aromatic nitrogens is 2. The largest absolute Gasteiger partial charge is 0.454 e. The number of nitrogens with zero attached hydrogens (tertiary/aromatic N) is 2. The van der Waals surface area contributed by atoms with Crippen molar-refractivity contribution in [2.24, 2.45) is 0 Å². The summed E-state index contributed by atoms with van der Waals surface area (Å²) in [7, 11) is -2.03. The van der Waals surface area contributed by atoms with Gasteiger partial charge < -0.3 is 18.6 Å². The van der Waals surface area contributed by atoms with Gasteiger partial charge in [-0.15, -0.1) is 0 Å². The number of fused-ring (bicyclic) bond motifs is 4. The molecule has 1 aromatic carbocycles. The van der Waals surface area contributed by atoms with E-state index in [0.29, 0.717) is 12.2 Å². The lowest BCUT2D eigenvalue weighted by Gasteiger charge is -2.37. The molecule has 2 aromatic rings. The van der Waals surface area contributed by atoms with Crippen molar-refractivity contribution in [3.63, 3.8) is 0 Å². The Hall–Kier alpha value is -2.49. The zero-order valence-electron chi connectivity index (χ0n) is 18.4. The summed E-state index contributed by atoms with van der Waals surface area (Å²) in [4.78, 5) is 28.4. The Morgan fingerprint density at radius 2 is 1.94 bits per heavy atom. The summed E-state index contributed by atoms with van der Waals surface area (Å²) in [6, 6.07) is 10.3. The highest BCUT2D eigenvalue weighted by Gasteiger charge is 2.54. The number of esters is 1. The molecule has 0 aliphatic carbocycles. The lowest BCUT2D eigenvalue weighted by molar-refractivity contribution is -0.0658. The van der Waals surface area contributed by atoms with Crippen LogP contribution >= 0.6 is 0 Å². The predicted octanol–water partition coefficient (Wildman–Crippen LogP) is 3.15. The second-order valence-corrected chi connectivity index (χ2v) is 14.2. The van der Waals surface area contributed by atoms with Crippen molar-refractivity contribution in [3.05, 3.63) is 58.5 Å². The van der Waals surface area contributed by atoms with E-state index in [2.05, 4.69) is 38.8 Å². The third-order valence-corrected chi connectivity index (χ3v) is 10.8. The second-order valence-electron chi connectivity index (χ2n) is 9.41. The van der Waals surface area contributed by atoms with Gasteiger partial charge in [-0.25, -0.2) is 4.79 Å². The third-order valence-electron chi connectivity index (χ3n) is 6.27. The molecule has 31 heavy (non-hydrogen) atoms. The lowest BCUT2D eigenvalue weighted by atomic mass is 10.1. The minimum Gasteiger partial charge on any atom is -0.454 e. The number of rotatable bonds is 5. The number of ether oxygens (including phenoxy) is 3. The molecule has 0 radical (unpaired) electrons. The molecule has 0 saturated carbocycles. The SMILES string of the molecule is CC(C)(C)[Si](C)(C)OC[C@H]1O[C@@H]2[C@H](OC(=[18O])c3ccccc3)[C@H]1Oc1nc(=O)ccn12. The number of hydrogen-bond acceptors (Lipinski definition) is 7. The molecule has 3 heterocycles. The quantitative estimate of drug-likeness (QED) is 0.396. The minimum absolute atomic E-state index is 0.0391. The van der Waals surface area contributed by atoms with Gasteiger partial charge in [0.1, 0.15) is 6.10 Å². The Kier molecular flexibility index (Phi) is 5.53. The Morgan fingerprint density at radius 1 is 1.23 bits per heavy atom. The van der Waals surface area contributed by atoms with Crippen molar-refractivity contribution in [1.82, 2.24) is 9.55 Å². The van der Waals surface area contributed by atoms with Gasteiger partial charge in [0.15, 0.2) is 26.8 Å². The fourth-order valence-electron chi connectivity index (χ4n) is 3.41. The number of carbonyl (C=O) groups excluding carboxylic acids is 1. The maximum absolute atomic E-state index is 12.7. The Balaban J connectivity index is 1.58. The van der Waals surface area contributed by atoms with Crippen molar-refractivity contribution in [1.29, 1.82) is 0 Å². The molecule has 2 aliphatic rings. The van der Waals surface area contributed by atoms with Crippen LogP contribution in [0, 0.1) is 0 Å². The topological polar surface area (TPSA) is 88.9 Å².